The number of aryl methyl sites for hydroxylation is 1. The van der Waals surface area contributed by atoms with Gasteiger partial charge < -0.3 is 14.4 Å². The number of aliphatic hydroxyl groups excluding tert-OH is 1. The van der Waals surface area contributed by atoms with Gasteiger partial charge in [0, 0.05) is 25.9 Å². The maximum Gasteiger partial charge on any atom is 0.335 e. The third-order valence-corrected chi connectivity index (χ3v) is 3.31. The van der Waals surface area contributed by atoms with E-state index in [9.17, 15) is 9.90 Å². The van der Waals surface area contributed by atoms with Crippen molar-refractivity contribution in [3.8, 4) is 0 Å². The topological polar surface area (TPSA) is 64.3 Å². The van der Waals surface area contributed by atoms with Crippen molar-refractivity contribution in [3.63, 3.8) is 0 Å². The van der Waals surface area contributed by atoms with Crippen molar-refractivity contribution in [2.45, 2.75) is 58.0 Å². The van der Waals surface area contributed by atoms with E-state index in [1.165, 1.54) is 25.7 Å². The molecule has 1 unspecified atom stereocenters. The first-order chi connectivity index (χ1) is 9.65. The maximum atomic E-state index is 11.6. The van der Waals surface area contributed by atoms with Gasteiger partial charge in [0.2, 0.25) is 0 Å². The number of rotatable bonds is 10. The van der Waals surface area contributed by atoms with Crippen molar-refractivity contribution in [1.82, 2.24) is 9.55 Å². The Morgan fingerprint density at radius 3 is 2.70 bits per heavy atom. The van der Waals surface area contributed by atoms with Crippen LogP contribution in [0.15, 0.2) is 12.4 Å². The van der Waals surface area contributed by atoms with Crippen molar-refractivity contribution >= 4 is 5.97 Å². The number of hydrogen-bond donors (Lipinski definition) is 1. The van der Waals surface area contributed by atoms with Crippen molar-refractivity contribution in [2.24, 2.45) is 7.05 Å². The SMILES string of the molecule is CCCCCCCCOC(=O)C(O)Cc1nccn1C. The normalized spacial score (nSPS) is 12.3. The zero-order valence-corrected chi connectivity index (χ0v) is 12.5. The van der Waals surface area contributed by atoms with Crippen LogP contribution in [0.3, 0.4) is 0 Å². The molecule has 0 aliphatic rings. The molecular weight excluding hydrogens is 256 g/mol. The summed E-state index contributed by atoms with van der Waals surface area (Å²) in [4.78, 5) is 15.7. The smallest absolute Gasteiger partial charge is 0.335 e. The van der Waals surface area contributed by atoms with Crippen molar-refractivity contribution in [1.29, 1.82) is 0 Å². The monoisotopic (exact) mass is 282 g/mol. The highest BCUT2D eigenvalue weighted by molar-refractivity contribution is 5.74. The van der Waals surface area contributed by atoms with Crippen molar-refractivity contribution in [3.05, 3.63) is 18.2 Å². The Balaban J connectivity index is 2.11. The Labute approximate surface area is 121 Å². The molecule has 0 saturated carbocycles. The van der Waals surface area contributed by atoms with Gasteiger partial charge in [0.1, 0.15) is 5.82 Å². The summed E-state index contributed by atoms with van der Waals surface area (Å²) in [6, 6.07) is 0. The lowest BCUT2D eigenvalue weighted by Crippen LogP contribution is -2.26. The van der Waals surface area contributed by atoms with Crippen LogP contribution in [0.5, 0.6) is 0 Å². The Hall–Kier alpha value is -1.36. The van der Waals surface area contributed by atoms with E-state index >= 15 is 0 Å². The van der Waals surface area contributed by atoms with E-state index < -0.39 is 12.1 Å². The Morgan fingerprint density at radius 2 is 2.05 bits per heavy atom. The van der Waals surface area contributed by atoms with E-state index in [4.69, 9.17) is 4.74 Å². The number of carbonyl (C=O) groups excluding carboxylic acids is 1. The lowest BCUT2D eigenvalue weighted by molar-refractivity contribution is -0.153. The summed E-state index contributed by atoms with van der Waals surface area (Å²) in [5.41, 5.74) is 0. The van der Waals surface area contributed by atoms with Gasteiger partial charge in [-0.25, -0.2) is 9.78 Å². The standard InChI is InChI=1S/C15H26N2O3/c1-3-4-5-6-7-8-11-20-15(19)13(18)12-14-16-9-10-17(14)2/h9-10,13,18H,3-8,11-12H2,1-2H3. The summed E-state index contributed by atoms with van der Waals surface area (Å²) in [7, 11) is 1.83. The van der Waals surface area contributed by atoms with Crippen LogP contribution >= 0.6 is 0 Å². The number of aromatic nitrogens is 2. The van der Waals surface area contributed by atoms with E-state index in [0.29, 0.717) is 12.4 Å². The second kappa shape index (κ2) is 9.53. The average Bonchev–Trinajstić information content (AvgIpc) is 2.83. The molecule has 0 saturated heterocycles. The molecule has 5 heteroatoms. The van der Waals surface area contributed by atoms with Crippen LogP contribution in [0, 0.1) is 0 Å². The molecule has 0 fully saturated rings. The maximum absolute atomic E-state index is 11.6. The molecule has 20 heavy (non-hydrogen) atoms. The molecular formula is C15H26N2O3. The number of unbranched alkanes of at least 4 members (excludes halogenated alkanes) is 5. The average molecular weight is 282 g/mol. The Morgan fingerprint density at radius 1 is 1.35 bits per heavy atom. The first kappa shape index (κ1) is 16.7. The molecule has 0 aromatic carbocycles. The van der Waals surface area contributed by atoms with Crippen LogP contribution < -0.4 is 0 Å². The fraction of sp³-hybridized carbons (Fsp3) is 0.733. The number of nitrogens with zero attached hydrogens (tertiary/aromatic N) is 2. The highest BCUT2D eigenvalue weighted by atomic mass is 16.5. The lowest BCUT2D eigenvalue weighted by atomic mass is 10.1. The molecule has 1 rings (SSSR count). The Bertz CT molecular complexity index is 390. The fourth-order valence-electron chi connectivity index (χ4n) is 2.00. The second-order valence-corrected chi connectivity index (χ2v) is 5.11. The first-order valence-corrected chi connectivity index (χ1v) is 7.46. The molecule has 0 aliphatic heterocycles. The van der Waals surface area contributed by atoms with Gasteiger partial charge in [0.25, 0.3) is 0 Å². The van der Waals surface area contributed by atoms with E-state index in [2.05, 4.69) is 11.9 Å². The molecule has 1 atom stereocenters. The largest absolute Gasteiger partial charge is 0.464 e. The third kappa shape index (κ3) is 6.19. The number of hydrogen-bond acceptors (Lipinski definition) is 4. The first-order valence-electron chi connectivity index (χ1n) is 7.46. The second-order valence-electron chi connectivity index (χ2n) is 5.11. The summed E-state index contributed by atoms with van der Waals surface area (Å²) in [6.07, 6.45) is 9.35. The van der Waals surface area contributed by atoms with Crippen molar-refractivity contribution in [2.75, 3.05) is 6.61 Å². The minimum Gasteiger partial charge on any atom is -0.464 e. The highest BCUT2D eigenvalue weighted by Crippen LogP contribution is 2.06. The van der Waals surface area contributed by atoms with E-state index in [1.807, 2.05) is 7.05 Å². The van der Waals surface area contributed by atoms with Crippen LogP contribution in [0.25, 0.3) is 0 Å². The van der Waals surface area contributed by atoms with Gasteiger partial charge in [0.05, 0.1) is 6.61 Å². The van der Waals surface area contributed by atoms with Crippen LogP contribution in [0.2, 0.25) is 0 Å². The third-order valence-electron chi connectivity index (χ3n) is 3.31. The fourth-order valence-corrected chi connectivity index (χ4v) is 2.00. The molecule has 5 nitrogen and oxygen atoms in total. The molecule has 1 aromatic heterocycles. The van der Waals surface area contributed by atoms with E-state index in [-0.39, 0.29) is 6.42 Å². The molecule has 0 amide bonds. The van der Waals surface area contributed by atoms with Crippen molar-refractivity contribution < 1.29 is 14.6 Å². The zero-order chi connectivity index (χ0) is 14.8. The molecule has 0 bridgehead atoms. The summed E-state index contributed by atoms with van der Waals surface area (Å²) in [6.45, 7) is 2.58. The Kier molecular flexibility index (Phi) is 7.95. The van der Waals surface area contributed by atoms with E-state index in [1.54, 1.807) is 17.0 Å². The quantitative estimate of drug-likeness (QED) is 0.528. The van der Waals surface area contributed by atoms with Gasteiger partial charge >= 0.3 is 5.97 Å². The van der Waals surface area contributed by atoms with Gasteiger partial charge in [-0.3, -0.25) is 0 Å². The van der Waals surface area contributed by atoms with Gasteiger partial charge in [-0.1, -0.05) is 39.0 Å². The predicted molar refractivity (Wildman–Crippen MR) is 77.3 cm³/mol. The number of carbonyl (C=O) groups is 1. The van der Waals surface area contributed by atoms with E-state index in [0.717, 1.165) is 12.8 Å². The number of imidazole rings is 1. The molecule has 1 aromatic rings. The summed E-state index contributed by atoms with van der Waals surface area (Å²) < 4.78 is 6.85. The summed E-state index contributed by atoms with van der Waals surface area (Å²) in [5, 5.41) is 9.76. The summed E-state index contributed by atoms with van der Waals surface area (Å²) >= 11 is 0. The van der Waals surface area contributed by atoms with Crippen LogP contribution in [-0.2, 0) is 23.0 Å². The van der Waals surface area contributed by atoms with Gasteiger partial charge in [0.15, 0.2) is 6.10 Å². The summed E-state index contributed by atoms with van der Waals surface area (Å²) in [5.74, 6) is 0.121. The minimum absolute atomic E-state index is 0.193. The molecule has 1 heterocycles. The van der Waals surface area contributed by atoms with Crippen LogP contribution in [-0.4, -0.2) is 33.3 Å². The zero-order valence-electron chi connectivity index (χ0n) is 12.5. The molecule has 0 spiro atoms. The van der Waals surface area contributed by atoms with Gasteiger partial charge in [-0.15, -0.1) is 0 Å². The number of esters is 1. The predicted octanol–water partition coefficient (Wildman–Crippen LogP) is 2.23. The molecule has 0 radical (unpaired) electrons. The van der Waals surface area contributed by atoms with Gasteiger partial charge in [-0.2, -0.15) is 0 Å². The number of ether oxygens (including phenoxy) is 1. The highest BCUT2D eigenvalue weighted by Gasteiger charge is 2.18. The minimum atomic E-state index is -1.13. The van der Waals surface area contributed by atoms with Crippen LogP contribution in [0.4, 0.5) is 0 Å². The number of aliphatic hydroxyl groups is 1. The van der Waals surface area contributed by atoms with Crippen LogP contribution in [0.1, 0.15) is 51.3 Å². The molecule has 0 aliphatic carbocycles. The molecule has 114 valence electrons. The molecule has 1 N–H and O–H groups in total. The lowest BCUT2D eigenvalue weighted by Gasteiger charge is -2.10. The van der Waals surface area contributed by atoms with Gasteiger partial charge in [-0.05, 0) is 6.42 Å².